The highest BCUT2D eigenvalue weighted by atomic mass is 28.3. The Labute approximate surface area is 189 Å². The first-order valence-electron chi connectivity index (χ1n) is 11.3. The highest BCUT2D eigenvalue weighted by Gasteiger charge is 2.47. The van der Waals surface area contributed by atoms with Gasteiger partial charge in [-0.3, -0.25) is 0 Å². The average molecular weight is 429 g/mol. The third kappa shape index (κ3) is 5.64. The fourth-order valence-electron chi connectivity index (χ4n) is 4.81. The van der Waals surface area contributed by atoms with Crippen LogP contribution in [0.4, 0.5) is 0 Å². The van der Waals surface area contributed by atoms with Crippen molar-refractivity contribution in [3.63, 3.8) is 0 Å². The van der Waals surface area contributed by atoms with Gasteiger partial charge in [-0.15, -0.1) is 6.58 Å². The summed E-state index contributed by atoms with van der Waals surface area (Å²) in [5.74, 6) is 0. The summed E-state index contributed by atoms with van der Waals surface area (Å²) >= 11 is 0. The van der Waals surface area contributed by atoms with E-state index in [1.54, 1.807) is 0 Å². The van der Waals surface area contributed by atoms with Crippen molar-refractivity contribution in [1.82, 2.24) is 0 Å². The molecule has 1 atom stereocenters. The molecule has 3 rings (SSSR count). The van der Waals surface area contributed by atoms with Crippen LogP contribution in [0.5, 0.6) is 0 Å². The van der Waals surface area contributed by atoms with E-state index >= 15 is 0 Å². The predicted molar refractivity (Wildman–Crippen MR) is 137 cm³/mol. The van der Waals surface area contributed by atoms with Gasteiger partial charge in [0.2, 0.25) is 0 Å². The first kappa shape index (κ1) is 23.2. The van der Waals surface area contributed by atoms with Gasteiger partial charge < -0.3 is 5.11 Å². The van der Waals surface area contributed by atoms with Crippen molar-refractivity contribution in [3.05, 3.63) is 109 Å². The molecule has 0 heterocycles. The molecule has 0 saturated carbocycles. The minimum Gasteiger partial charge on any atom is -0.393 e. The lowest BCUT2D eigenvalue weighted by Crippen LogP contribution is -2.64. The number of hydrogen-bond donors (Lipinski definition) is 1. The molecule has 1 nitrogen and oxygen atoms in total. The van der Waals surface area contributed by atoms with Crippen LogP contribution in [0, 0.1) is 0 Å². The second-order valence-corrected chi connectivity index (χ2v) is 14.5. The van der Waals surface area contributed by atoms with E-state index in [1.807, 2.05) is 6.07 Å². The molecule has 2 heteroatoms. The lowest BCUT2D eigenvalue weighted by molar-refractivity contribution is 0.165. The zero-order chi connectivity index (χ0) is 22.3. The van der Waals surface area contributed by atoms with Gasteiger partial charge in [-0.05, 0) is 35.9 Å². The Balaban J connectivity index is 1.84. The molecule has 0 amide bonds. The van der Waals surface area contributed by atoms with E-state index in [1.165, 1.54) is 15.9 Å². The van der Waals surface area contributed by atoms with Gasteiger partial charge in [0.25, 0.3) is 0 Å². The van der Waals surface area contributed by atoms with Crippen molar-refractivity contribution >= 4 is 18.4 Å². The van der Waals surface area contributed by atoms with Crippen LogP contribution in [0.1, 0.15) is 39.2 Å². The van der Waals surface area contributed by atoms with Crippen molar-refractivity contribution in [2.45, 2.75) is 57.2 Å². The molecule has 0 bridgehead atoms. The van der Waals surface area contributed by atoms with Crippen molar-refractivity contribution in [1.29, 1.82) is 0 Å². The summed E-state index contributed by atoms with van der Waals surface area (Å²) in [6, 6.07) is 33.4. The Morgan fingerprint density at radius 1 is 0.806 bits per heavy atom. The monoisotopic (exact) mass is 428 g/mol. The number of aryl methyl sites for hydroxylation is 1. The Hall–Kier alpha value is -2.42. The maximum atomic E-state index is 10.8. The zero-order valence-corrected chi connectivity index (χ0v) is 20.2. The minimum absolute atomic E-state index is 0.105. The molecule has 0 spiro atoms. The van der Waals surface area contributed by atoms with Crippen LogP contribution in [0.2, 0.25) is 11.1 Å². The van der Waals surface area contributed by atoms with Crippen LogP contribution >= 0.6 is 0 Å². The Morgan fingerprint density at radius 2 is 1.26 bits per heavy atom. The average Bonchev–Trinajstić information content (AvgIpc) is 2.77. The molecule has 1 N–H and O–H groups in total. The van der Waals surface area contributed by atoms with Crippen molar-refractivity contribution in [2.24, 2.45) is 0 Å². The smallest absolute Gasteiger partial charge is 0.127 e. The Kier molecular flexibility index (Phi) is 7.69. The molecular formula is C29H36OSi. The van der Waals surface area contributed by atoms with Crippen LogP contribution < -0.4 is 10.4 Å². The van der Waals surface area contributed by atoms with Crippen LogP contribution in [0.15, 0.2) is 103 Å². The predicted octanol–water partition coefficient (Wildman–Crippen LogP) is 5.99. The second kappa shape index (κ2) is 10.3. The molecule has 31 heavy (non-hydrogen) atoms. The molecule has 0 unspecified atom stereocenters. The molecule has 0 aromatic heterocycles. The van der Waals surface area contributed by atoms with Crippen LogP contribution in [0.25, 0.3) is 0 Å². The van der Waals surface area contributed by atoms with Crippen LogP contribution in [-0.4, -0.2) is 19.3 Å². The van der Waals surface area contributed by atoms with E-state index in [4.69, 9.17) is 0 Å². The molecule has 162 valence electrons. The minimum atomic E-state index is -2.18. The maximum Gasteiger partial charge on any atom is 0.127 e. The quantitative estimate of drug-likeness (QED) is 0.328. The lowest BCUT2D eigenvalue weighted by atomic mass is 10.0. The molecule has 0 aliphatic rings. The number of rotatable bonds is 9. The highest BCUT2D eigenvalue weighted by Crippen LogP contribution is 2.40. The van der Waals surface area contributed by atoms with E-state index in [-0.39, 0.29) is 11.1 Å². The Bertz CT molecular complexity index is 903. The standard InChI is InChI=1S/C29H36OSi/c1-24(22-26(30)21-20-25-14-8-5-9-15-25)23-31(29(2,3)4,27-16-10-6-11-17-27)28-18-12-7-13-19-28/h5-19,26,30H,1,20-23H2,2-4H3/t26-/m0/s1. The molecule has 3 aromatic carbocycles. The first-order valence-corrected chi connectivity index (χ1v) is 13.5. The van der Waals surface area contributed by atoms with Crippen LogP contribution in [-0.2, 0) is 6.42 Å². The summed E-state index contributed by atoms with van der Waals surface area (Å²) in [5, 5.41) is 13.8. The molecule has 0 aliphatic heterocycles. The fourth-order valence-corrected chi connectivity index (χ4v) is 10.2. The normalized spacial score (nSPS) is 13.0. The van der Waals surface area contributed by atoms with Gasteiger partial charge in [0.05, 0.1) is 6.10 Å². The van der Waals surface area contributed by atoms with E-state index in [9.17, 15) is 5.11 Å². The van der Waals surface area contributed by atoms with E-state index in [0.29, 0.717) is 6.42 Å². The number of benzene rings is 3. The molecule has 0 fully saturated rings. The molecular weight excluding hydrogens is 392 g/mol. The second-order valence-electron chi connectivity index (χ2n) is 9.70. The van der Waals surface area contributed by atoms with Crippen molar-refractivity contribution in [3.8, 4) is 0 Å². The van der Waals surface area contributed by atoms with E-state index in [2.05, 4.69) is 112 Å². The van der Waals surface area contributed by atoms with Gasteiger partial charge in [-0.2, -0.15) is 0 Å². The lowest BCUT2D eigenvalue weighted by Gasteiger charge is -2.45. The molecule has 3 aromatic rings. The summed E-state index contributed by atoms with van der Waals surface area (Å²) in [7, 11) is -2.18. The summed E-state index contributed by atoms with van der Waals surface area (Å²) in [6.07, 6.45) is 1.97. The summed E-state index contributed by atoms with van der Waals surface area (Å²) in [5.41, 5.74) is 2.44. The SMILES string of the molecule is C=C(C[C@@H](O)CCc1ccccc1)C[Si](c1ccccc1)(c1ccccc1)C(C)(C)C. The third-order valence-electron chi connectivity index (χ3n) is 6.46. The third-order valence-corrected chi connectivity index (χ3v) is 12.7. The largest absolute Gasteiger partial charge is 0.393 e. The number of aliphatic hydroxyl groups excluding tert-OH is 1. The Morgan fingerprint density at radius 3 is 1.71 bits per heavy atom. The first-order chi connectivity index (χ1) is 14.8. The van der Waals surface area contributed by atoms with E-state index < -0.39 is 8.07 Å². The number of hydrogen-bond acceptors (Lipinski definition) is 1. The van der Waals surface area contributed by atoms with Gasteiger partial charge in [-0.25, -0.2) is 0 Å². The maximum absolute atomic E-state index is 10.8. The highest BCUT2D eigenvalue weighted by molar-refractivity contribution is 7.04. The topological polar surface area (TPSA) is 20.2 Å². The van der Waals surface area contributed by atoms with Gasteiger partial charge in [0, 0.05) is 0 Å². The van der Waals surface area contributed by atoms with Crippen molar-refractivity contribution in [2.75, 3.05) is 0 Å². The van der Waals surface area contributed by atoms with Gasteiger partial charge in [-0.1, -0.05) is 128 Å². The zero-order valence-electron chi connectivity index (χ0n) is 19.2. The van der Waals surface area contributed by atoms with Crippen LogP contribution in [0.3, 0.4) is 0 Å². The van der Waals surface area contributed by atoms with Gasteiger partial charge in [0.15, 0.2) is 0 Å². The van der Waals surface area contributed by atoms with Gasteiger partial charge >= 0.3 is 0 Å². The molecule has 0 saturated heterocycles. The van der Waals surface area contributed by atoms with E-state index in [0.717, 1.165) is 24.5 Å². The summed E-state index contributed by atoms with van der Waals surface area (Å²) < 4.78 is 0. The summed E-state index contributed by atoms with van der Waals surface area (Å²) in [4.78, 5) is 0. The van der Waals surface area contributed by atoms with Gasteiger partial charge in [0.1, 0.15) is 8.07 Å². The summed E-state index contributed by atoms with van der Waals surface area (Å²) in [6.45, 7) is 11.6. The number of aliphatic hydroxyl groups is 1. The fraction of sp³-hybridized carbons (Fsp3) is 0.310. The molecule has 0 aliphatic carbocycles. The molecule has 0 radical (unpaired) electrons. The van der Waals surface area contributed by atoms with Crippen molar-refractivity contribution < 1.29 is 5.11 Å².